The second-order valence-electron chi connectivity index (χ2n) is 7.10. The number of carbonyl (C=O) groups excluding carboxylic acids is 2. The fourth-order valence-electron chi connectivity index (χ4n) is 3.04. The average molecular weight is 443 g/mol. The van der Waals surface area contributed by atoms with Crippen molar-refractivity contribution in [3.63, 3.8) is 0 Å². The van der Waals surface area contributed by atoms with E-state index in [4.69, 9.17) is 4.42 Å². The van der Waals surface area contributed by atoms with Gasteiger partial charge in [0.05, 0.1) is 6.54 Å². The van der Waals surface area contributed by atoms with E-state index in [1.165, 1.54) is 23.1 Å². The van der Waals surface area contributed by atoms with Crippen LogP contribution < -0.4 is 10.6 Å². The van der Waals surface area contributed by atoms with Crippen molar-refractivity contribution in [2.24, 2.45) is 5.92 Å². The monoisotopic (exact) mass is 442 g/mol. The Morgan fingerprint density at radius 2 is 2.00 bits per heavy atom. The highest BCUT2D eigenvalue weighted by Gasteiger charge is 2.25. The third kappa shape index (κ3) is 4.57. The third-order valence-corrected chi connectivity index (χ3v) is 6.94. The number of carbonyl (C=O) groups is 2. The molecule has 0 spiro atoms. The van der Waals surface area contributed by atoms with Gasteiger partial charge in [0.15, 0.2) is 0 Å². The van der Waals surface area contributed by atoms with Crippen LogP contribution in [0.25, 0.3) is 11.5 Å². The predicted molar refractivity (Wildman–Crippen MR) is 118 cm³/mol. The van der Waals surface area contributed by atoms with E-state index in [1.807, 2.05) is 37.4 Å². The van der Waals surface area contributed by atoms with E-state index >= 15 is 0 Å². The summed E-state index contributed by atoms with van der Waals surface area (Å²) in [6.45, 7) is 2.08. The SMILES string of the molecule is CSc1nc(C(=O)NCc2nc(-c3ccc(NC(=O)C4CCC4)cc3)oc2C)cs1. The lowest BCUT2D eigenvalue weighted by atomic mass is 9.85. The summed E-state index contributed by atoms with van der Waals surface area (Å²) in [5, 5.41) is 7.53. The minimum absolute atomic E-state index is 0.0868. The van der Waals surface area contributed by atoms with Crippen molar-refractivity contribution < 1.29 is 14.0 Å². The van der Waals surface area contributed by atoms with E-state index in [9.17, 15) is 9.59 Å². The summed E-state index contributed by atoms with van der Waals surface area (Å²) in [6, 6.07) is 7.42. The Morgan fingerprint density at radius 1 is 1.23 bits per heavy atom. The van der Waals surface area contributed by atoms with E-state index in [2.05, 4.69) is 20.6 Å². The van der Waals surface area contributed by atoms with E-state index in [0.717, 1.165) is 34.9 Å². The number of nitrogens with one attached hydrogen (secondary N) is 2. The largest absolute Gasteiger partial charge is 0.441 e. The van der Waals surface area contributed by atoms with E-state index in [1.54, 1.807) is 5.38 Å². The van der Waals surface area contributed by atoms with Crippen LogP contribution in [0.3, 0.4) is 0 Å². The number of hydrogen-bond acceptors (Lipinski definition) is 7. The normalized spacial score (nSPS) is 13.7. The average Bonchev–Trinajstić information content (AvgIpc) is 3.32. The molecule has 0 radical (unpaired) electrons. The van der Waals surface area contributed by atoms with Crippen LogP contribution in [-0.4, -0.2) is 28.0 Å². The highest BCUT2D eigenvalue weighted by atomic mass is 32.2. The first-order valence-electron chi connectivity index (χ1n) is 9.69. The molecule has 0 bridgehead atoms. The molecule has 1 aliphatic carbocycles. The summed E-state index contributed by atoms with van der Waals surface area (Å²) in [5.74, 6) is 1.13. The molecule has 1 saturated carbocycles. The van der Waals surface area contributed by atoms with Gasteiger partial charge in [-0.3, -0.25) is 9.59 Å². The molecule has 7 nitrogen and oxygen atoms in total. The van der Waals surface area contributed by atoms with Crippen molar-refractivity contribution in [2.45, 2.75) is 37.1 Å². The van der Waals surface area contributed by atoms with Gasteiger partial charge in [0.25, 0.3) is 5.91 Å². The van der Waals surface area contributed by atoms with Crippen LogP contribution in [-0.2, 0) is 11.3 Å². The number of oxazole rings is 1. The van der Waals surface area contributed by atoms with Gasteiger partial charge in [0, 0.05) is 22.5 Å². The summed E-state index contributed by atoms with van der Waals surface area (Å²) < 4.78 is 6.63. The fourth-order valence-corrected chi connectivity index (χ4v) is 4.28. The van der Waals surface area contributed by atoms with Gasteiger partial charge in [-0.25, -0.2) is 9.97 Å². The summed E-state index contributed by atoms with van der Waals surface area (Å²) in [5.41, 5.74) is 2.65. The first-order valence-corrected chi connectivity index (χ1v) is 11.8. The molecule has 2 N–H and O–H groups in total. The van der Waals surface area contributed by atoms with Gasteiger partial charge >= 0.3 is 0 Å². The molecular weight excluding hydrogens is 420 g/mol. The number of aromatic nitrogens is 2. The van der Waals surface area contributed by atoms with Crippen molar-refractivity contribution >= 4 is 40.6 Å². The zero-order valence-electron chi connectivity index (χ0n) is 16.7. The third-order valence-electron chi connectivity index (χ3n) is 5.07. The Kier molecular flexibility index (Phi) is 6.19. The van der Waals surface area contributed by atoms with E-state index in [0.29, 0.717) is 23.0 Å². The van der Waals surface area contributed by atoms with Crippen molar-refractivity contribution in [1.29, 1.82) is 0 Å². The number of anilines is 1. The minimum atomic E-state index is -0.234. The molecule has 2 amide bonds. The van der Waals surface area contributed by atoms with Crippen LogP contribution in [0.4, 0.5) is 5.69 Å². The Balaban J connectivity index is 1.38. The maximum absolute atomic E-state index is 12.3. The molecule has 1 fully saturated rings. The van der Waals surface area contributed by atoms with Crippen LogP contribution in [0.1, 0.15) is 41.2 Å². The summed E-state index contributed by atoms with van der Waals surface area (Å²) in [4.78, 5) is 33.1. The molecule has 2 heterocycles. The Bertz CT molecular complexity index is 1050. The first kappa shape index (κ1) is 20.6. The fraction of sp³-hybridized carbons (Fsp3) is 0.333. The Hall–Kier alpha value is -2.65. The molecular formula is C21H22N4O3S2. The second kappa shape index (κ2) is 9.01. The summed E-state index contributed by atoms with van der Waals surface area (Å²) >= 11 is 2.96. The lowest BCUT2D eigenvalue weighted by molar-refractivity contribution is -0.122. The summed E-state index contributed by atoms with van der Waals surface area (Å²) in [7, 11) is 0. The number of hydrogen-bond donors (Lipinski definition) is 2. The molecule has 4 rings (SSSR count). The van der Waals surface area contributed by atoms with Gasteiger partial charge in [0.2, 0.25) is 11.8 Å². The van der Waals surface area contributed by atoms with Crippen molar-refractivity contribution in [1.82, 2.24) is 15.3 Å². The topological polar surface area (TPSA) is 97.1 Å². The van der Waals surface area contributed by atoms with Crippen LogP contribution in [0.15, 0.2) is 38.4 Å². The predicted octanol–water partition coefficient (Wildman–Crippen LogP) is 4.50. The van der Waals surface area contributed by atoms with Gasteiger partial charge in [-0.15, -0.1) is 11.3 Å². The molecule has 156 valence electrons. The van der Waals surface area contributed by atoms with Crippen molar-refractivity contribution in [3.05, 3.63) is 46.8 Å². The maximum atomic E-state index is 12.3. The van der Waals surface area contributed by atoms with Crippen molar-refractivity contribution in [3.8, 4) is 11.5 Å². The summed E-state index contributed by atoms with van der Waals surface area (Å²) in [6.07, 6.45) is 5.00. The quantitative estimate of drug-likeness (QED) is 0.523. The first-order chi connectivity index (χ1) is 14.5. The number of rotatable bonds is 7. The lowest BCUT2D eigenvalue weighted by Crippen LogP contribution is -2.27. The van der Waals surface area contributed by atoms with Crippen LogP contribution in [0.5, 0.6) is 0 Å². The van der Waals surface area contributed by atoms with Gasteiger partial charge in [-0.1, -0.05) is 18.2 Å². The number of benzene rings is 1. The minimum Gasteiger partial charge on any atom is -0.441 e. The molecule has 0 atom stereocenters. The second-order valence-corrected chi connectivity index (χ2v) is 9.01. The Morgan fingerprint density at radius 3 is 2.63 bits per heavy atom. The Labute approximate surface area is 182 Å². The molecule has 30 heavy (non-hydrogen) atoms. The number of aryl methyl sites for hydroxylation is 1. The smallest absolute Gasteiger partial charge is 0.271 e. The highest BCUT2D eigenvalue weighted by Crippen LogP contribution is 2.28. The number of thiazole rings is 1. The number of thioether (sulfide) groups is 1. The molecule has 0 unspecified atom stereocenters. The number of amides is 2. The maximum Gasteiger partial charge on any atom is 0.271 e. The van der Waals surface area contributed by atoms with Gasteiger partial charge < -0.3 is 15.1 Å². The van der Waals surface area contributed by atoms with Gasteiger partial charge in [-0.05, 0) is 50.3 Å². The van der Waals surface area contributed by atoms with E-state index < -0.39 is 0 Å². The molecule has 3 aromatic rings. The van der Waals surface area contributed by atoms with Crippen LogP contribution >= 0.6 is 23.1 Å². The molecule has 9 heteroatoms. The van der Waals surface area contributed by atoms with Crippen molar-refractivity contribution in [2.75, 3.05) is 11.6 Å². The lowest BCUT2D eigenvalue weighted by Gasteiger charge is -2.24. The zero-order valence-corrected chi connectivity index (χ0v) is 18.4. The van der Waals surface area contributed by atoms with Crippen LogP contribution in [0, 0.1) is 12.8 Å². The molecule has 0 aliphatic heterocycles. The van der Waals surface area contributed by atoms with Crippen LogP contribution in [0.2, 0.25) is 0 Å². The highest BCUT2D eigenvalue weighted by molar-refractivity contribution is 8.00. The number of nitrogens with zero attached hydrogens (tertiary/aromatic N) is 2. The van der Waals surface area contributed by atoms with Gasteiger partial charge in [-0.2, -0.15) is 0 Å². The van der Waals surface area contributed by atoms with Gasteiger partial charge in [0.1, 0.15) is 21.5 Å². The molecule has 1 aliphatic rings. The molecule has 1 aromatic carbocycles. The molecule has 0 saturated heterocycles. The van der Waals surface area contributed by atoms with E-state index in [-0.39, 0.29) is 24.3 Å². The zero-order chi connectivity index (χ0) is 21.1. The standard InChI is InChI=1S/C21H22N4O3S2/c1-12-16(10-22-19(27)17-11-30-21(25-17)29-2)24-20(28-12)14-6-8-15(9-7-14)23-18(26)13-4-3-5-13/h6-9,11,13H,3-5,10H2,1-2H3,(H,22,27)(H,23,26). The molecule has 2 aromatic heterocycles.